The highest BCUT2D eigenvalue weighted by atomic mass is 35.5. The standard InChI is InChI=1S/C20H21ClO3/c1-20(2)23-18(19(24-20)15-7-5-4-6-8-15)13-17(21)14-9-11-16(22-3)12-10-14/h4-13,18-19H,1-3H3/b17-13-/t18-,19-/m0/s1. The summed E-state index contributed by atoms with van der Waals surface area (Å²) in [5.74, 6) is 0.144. The number of hydrogen-bond acceptors (Lipinski definition) is 3. The number of halogens is 1. The first-order chi connectivity index (χ1) is 11.5. The number of benzene rings is 2. The van der Waals surface area contributed by atoms with Gasteiger partial charge in [0.05, 0.1) is 7.11 Å². The average Bonchev–Trinajstić information content (AvgIpc) is 2.90. The molecule has 0 spiro atoms. The summed E-state index contributed by atoms with van der Waals surface area (Å²) in [5, 5.41) is 0.630. The molecule has 2 atom stereocenters. The molecular formula is C20H21ClO3. The Morgan fingerprint density at radius 3 is 2.33 bits per heavy atom. The third kappa shape index (κ3) is 3.81. The highest BCUT2D eigenvalue weighted by molar-refractivity contribution is 6.48. The monoisotopic (exact) mass is 344 g/mol. The summed E-state index contributed by atoms with van der Waals surface area (Å²) in [7, 11) is 1.64. The molecule has 2 aromatic carbocycles. The lowest BCUT2D eigenvalue weighted by atomic mass is 10.0. The van der Waals surface area contributed by atoms with E-state index < -0.39 is 5.79 Å². The maximum Gasteiger partial charge on any atom is 0.164 e. The highest BCUT2D eigenvalue weighted by Gasteiger charge is 2.41. The average molecular weight is 345 g/mol. The second kappa shape index (κ2) is 6.98. The number of ether oxygens (including phenoxy) is 3. The molecule has 2 aromatic rings. The van der Waals surface area contributed by atoms with Gasteiger partial charge in [-0.3, -0.25) is 0 Å². The van der Waals surface area contributed by atoms with Crippen LogP contribution in [0.2, 0.25) is 0 Å². The molecule has 0 unspecified atom stereocenters. The SMILES string of the molecule is COc1ccc(/C(Cl)=C/[C@@H]2OC(C)(C)O[C@H]2c2ccccc2)cc1. The van der Waals surface area contributed by atoms with Crippen LogP contribution < -0.4 is 4.74 Å². The van der Waals surface area contributed by atoms with Crippen molar-refractivity contribution in [1.82, 2.24) is 0 Å². The molecule has 3 nitrogen and oxygen atoms in total. The van der Waals surface area contributed by atoms with Crippen LogP contribution in [0.15, 0.2) is 60.7 Å². The Morgan fingerprint density at radius 1 is 1.04 bits per heavy atom. The molecule has 4 heteroatoms. The summed E-state index contributed by atoms with van der Waals surface area (Å²) >= 11 is 6.51. The van der Waals surface area contributed by atoms with E-state index >= 15 is 0 Å². The Labute approximate surface area is 147 Å². The third-order valence-electron chi connectivity index (χ3n) is 3.93. The van der Waals surface area contributed by atoms with Gasteiger partial charge in [-0.1, -0.05) is 41.9 Å². The first-order valence-electron chi connectivity index (χ1n) is 7.91. The Morgan fingerprint density at radius 2 is 1.71 bits per heavy atom. The van der Waals surface area contributed by atoms with Crippen molar-refractivity contribution in [2.24, 2.45) is 0 Å². The van der Waals surface area contributed by atoms with E-state index in [1.54, 1.807) is 7.11 Å². The summed E-state index contributed by atoms with van der Waals surface area (Å²) in [6.07, 6.45) is 1.47. The zero-order valence-corrected chi connectivity index (χ0v) is 14.8. The van der Waals surface area contributed by atoms with Crippen LogP contribution in [0, 0.1) is 0 Å². The van der Waals surface area contributed by atoms with E-state index in [4.69, 9.17) is 25.8 Å². The van der Waals surface area contributed by atoms with E-state index in [0.29, 0.717) is 5.03 Å². The van der Waals surface area contributed by atoms with E-state index in [2.05, 4.69) is 0 Å². The molecule has 3 rings (SSSR count). The first-order valence-corrected chi connectivity index (χ1v) is 8.29. The van der Waals surface area contributed by atoms with E-state index in [1.807, 2.05) is 74.5 Å². The highest BCUT2D eigenvalue weighted by Crippen LogP contribution is 2.40. The lowest BCUT2D eigenvalue weighted by Gasteiger charge is -2.16. The van der Waals surface area contributed by atoms with Crippen molar-refractivity contribution in [3.05, 3.63) is 71.8 Å². The predicted octanol–water partition coefficient (Wildman–Crippen LogP) is 5.17. The molecule has 0 amide bonds. The molecule has 1 aliphatic rings. The van der Waals surface area contributed by atoms with Gasteiger partial charge >= 0.3 is 0 Å². The van der Waals surface area contributed by atoms with Crippen molar-refractivity contribution in [1.29, 1.82) is 0 Å². The summed E-state index contributed by atoms with van der Waals surface area (Å²) in [5.41, 5.74) is 1.99. The van der Waals surface area contributed by atoms with Gasteiger partial charge in [0.2, 0.25) is 0 Å². The molecule has 1 fully saturated rings. The van der Waals surface area contributed by atoms with Crippen molar-refractivity contribution in [2.75, 3.05) is 7.11 Å². The minimum Gasteiger partial charge on any atom is -0.497 e. The van der Waals surface area contributed by atoms with Crippen LogP contribution in [-0.2, 0) is 9.47 Å². The maximum atomic E-state index is 6.51. The molecule has 0 N–H and O–H groups in total. The summed E-state index contributed by atoms with van der Waals surface area (Å²) in [6, 6.07) is 17.7. The Kier molecular flexibility index (Phi) is 4.95. The fraction of sp³-hybridized carbons (Fsp3) is 0.300. The van der Waals surface area contributed by atoms with Crippen LogP contribution in [0.4, 0.5) is 0 Å². The maximum absolute atomic E-state index is 6.51. The van der Waals surface area contributed by atoms with Crippen LogP contribution in [0.1, 0.15) is 31.1 Å². The molecule has 0 radical (unpaired) electrons. The molecule has 0 bridgehead atoms. The Balaban J connectivity index is 1.87. The molecule has 1 heterocycles. The normalized spacial score (nSPS) is 23.2. The van der Waals surface area contributed by atoms with Gasteiger partial charge in [0.1, 0.15) is 18.0 Å². The molecule has 126 valence electrons. The topological polar surface area (TPSA) is 27.7 Å². The summed E-state index contributed by atoms with van der Waals surface area (Å²) < 4.78 is 17.3. The van der Waals surface area contributed by atoms with E-state index in [1.165, 1.54) is 0 Å². The molecule has 0 saturated carbocycles. The van der Waals surface area contributed by atoms with Gasteiger partial charge in [-0.05, 0) is 55.3 Å². The van der Waals surface area contributed by atoms with Crippen LogP contribution in [-0.4, -0.2) is 19.0 Å². The van der Waals surface area contributed by atoms with Crippen molar-refractivity contribution in [3.63, 3.8) is 0 Å². The zero-order chi connectivity index (χ0) is 17.2. The Bertz CT molecular complexity index is 707. The molecule has 0 aliphatic carbocycles. The largest absolute Gasteiger partial charge is 0.497 e. The van der Waals surface area contributed by atoms with Crippen molar-refractivity contribution >= 4 is 16.6 Å². The van der Waals surface area contributed by atoms with E-state index in [0.717, 1.165) is 16.9 Å². The second-order valence-corrected chi connectivity index (χ2v) is 6.58. The number of rotatable bonds is 4. The van der Waals surface area contributed by atoms with Gasteiger partial charge in [-0.2, -0.15) is 0 Å². The fourth-order valence-electron chi connectivity index (χ4n) is 2.80. The molecule has 24 heavy (non-hydrogen) atoms. The van der Waals surface area contributed by atoms with Crippen molar-refractivity contribution in [3.8, 4) is 5.75 Å². The lowest BCUT2D eigenvalue weighted by Crippen LogP contribution is -2.20. The van der Waals surface area contributed by atoms with Gasteiger partial charge in [0.15, 0.2) is 5.79 Å². The van der Waals surface area contributed by atoms with Gasteiger partial charge in [0, 0.05) is 5.03 Å². The van der Waals surface area contributed by atoms with Crippen LogP contribution in [0.3, 0.4) is 0 Å². The van der Waals surface area contributed by atoms with Gasteiger partial charge in [-0.15, -0.1) is 0 Å². The second-order valence-electron chi connectivity index (χ2n) is 6.17. The number of methoxy groups -OCH3 is 1. The van der Waals surface area contributed by atoms with Crippen LogP contribution in [0.5, 0.6) is 5.75 Å². The smallest absolute Gasteiger partial charge is 0.164 e. The van der Waals surface area contributed by atoms with E-state index in [-0.39, 0.29) is 12.2 Å². The quantitative estimate of drug-likeness (QED) is 0.766. The van der Waals surface area contributed by atoms with Crippen molar-refractivity contribution < 1.29 is 14.2 Å². The Hall–Kier alpha value is -1.81. The first kappa shape index (κ1) is 17.0. The molecular weight excluding hydrogens is 324 g/mol. The summed E-state index contributed by atoms with van der Waals surface area (Å²) in [4.78, 5) is 0. The predicted molar refractivity (Wildman–Crippen MR) is 96.0 cm³/mol. The van der Waals surface area contributed by atoms with Crippen molar-refractivity contribution in [2.45, 2.75) is 31.8 Å². The molecule has 1 saturated heterocycles. The summed E-state index contributed by atoms with van der Waals surface area (Å²) in [6.45, 7) is 3.83. The van der Waals surface area contributed by atoms with Gasteiger partial charge in [-0.25, -0.2) is 0 Å². The van der Waals surface area contributed by atoms with Gasteiger partial charge < -0.3 is 14.2 Å². The van der Waals surface area contributed by atoms with Crippen LogP contribution in [0.25, 0.3) is 5.03 Å². The van der Waals surface area contributed by atoms with Crippen LogP contribution >= 0.6 is 11.6 Å². The zero-order valence-electron chi connectivity index (χ0n) is 14.0. The number of hydrogen-bond donors (Lipinski definition) is 0. The van der Waals surface area contributed by atoms with Gasteiger partial charge in [0.25, 0.3) is 0 Å². The minimum absolute atomic E-state index is 0.187. The molecule has 1 aliphatic heterocycles. The minimum atomic E-state index is -0.654. The van der Waals surface area contributed by atoms with E-state index in [9.17, 15) is 0 Å². The fourth-order valence-corrected chi connectivity index (χ4v) is 3.05. The third-order valence-corrected chi connectivity index (χ3v) is 4.28. The molecule has 0 aromatic heterocycles. The lowest BCUT2D eigenvalue weighted by molar-refractivity contribution is -0.143.